The summed E-state index contributed by atoms with van der Waals surface area (Å²) < 4.78 is 32.9. The summed E-state index contributed by atoms with van der Waals surface area (Å²) in [5.74, 6) is 0.378. The van der Waals surface area contributed by atoms with Gasteiger partial charge < -0.3 is 15.0 Å². The third kappa shape index (κ3) is 4.68. The fraction of sp³-hybridized carbons (Fsp3) is 0.400. The van der Waals surface area contributed by atoms with Crippen molar-refractivity contribution in [2.45, 2.75) is 17.7 Å². The molecule has 1 fully saturated rings. The molecule has 2 N–H and O–H groups in total. The van der Waals surface area contributed by atoms with Crippen LogP contribution in [0.1, 0.15) is 11.8 Å². The molecular formula is C15H19N5O4S2. The normalized spacial score (nSPS) is 14.9. The van der Waals surface area contributed by atoms with Gasteiger partial charge in [0.25, 0.3) is 10.0 Å². The number of amides is 1. The Bertz CT molecular complexity index is 860. The summed E-state index contributed by atoms with van der Waals surface area (Å²) >= 11 is 1.10. The zero-order valence-electron chi connectivity index (χ0n) is 14.1. The van der Waals surface area contributed by atoms with Gasteiger partial charge in [-0.05, 0) is 12.1 Å². The van der Waals surface area contributed by atoms with Crippen LogP contribution in [0.15, 0.2) is 28.7 Å². The standard InChI is InChI=1S/C15H19N5O4S2/c1-11(21)16-10-13-2-3-14(25-13)26(22,23)19-12-8-17-15(18-9-12)20-4-6-24-7-5-20/h2-3,8-9,19H,4-7,10H2,1H3,(H,16,21). The molecule has 3 rings (SSSR count). The van der Waals surface area contributed by atoms with Crippen LogP contribution in [0, 0.1) is 0 Å². The molecule has 1 aliphatic rings. The van der Waals surface area contributed by atoms with Crippen molar-refractivity contribution in [3.63, 3.8) is 0 Å². The van der Waals surface area contributed by atoms with Crippen LogP contribution in [0.2, 0.25) is 0 Å². The lowest BCUT2D eigenvalue weighted by atomic mass is 10.4. The number of hydrogen-bond acceptors (Lipinski definition) is 8. The fourth-order valence-corrected chi connectivity index (χ4v) is 4.64. The molecule has 0 unspecified atom stereocenters. The molecule has 2 aromatic heterocycles. The van der Waals surface area contributed by atoms with E-state index in [1.807, 2.05) is 4.90 Å². The van der Waals surface area contributed by atoms with Gasteiger partial charge in [0.1, 0.15) is 4.21 Å². The van der Waals surface area contributed by atoms with Crippen molar-refractivity contribution in [3.8, 4) is 0 Å². The second-order valence-electron chi connectivity index (χ2n) is 5.61. The van der Waals surface area contributed by atoms with Crippen molar-refractivity contribution in [3.05, 3.63) is 29.4 Å². The Hall–Kier alpha value is -2.24. The Balaban J connectivity index is 1.66. The highest BCUT2D eigenvalue weighted by molar-refractivity contribution is 7.94. The Morgan fingerprint density at radius 2 is 1.96 bits per heavy atom. The zero-order valence-corrected chi connectivity index (χ0v) is 15.8. The van der Waals surface area contributed by atoms with Crippen molar-refractivity contribution in [1.82, 2.24) is 15.3 Å². The minimum Gasteiger partial charge on any atom is -0.378 e. The van der Waals surface area contributed by atoms with Crippen LogP contribution in [0.4, 0.5) is 11.6 Å². The van der Waals surface area contributed by atoms with Gasteiger partial charge in [0, 0.05) is 24.9 Å². The number of nitrogens with one attached hydrogen (secondary N) is 2. The van der Waals surface area contributed by atoms with E-state index < -0.39 is 10.0 Å². The van der Waals surface area contributed by atoms with E-state index in [9.17, 15) is 13.2 Å². The lowest BCUT2D eigenvalue weighted by molar-refractivity contribution is -0.119. The van der Waals surface area contributed by atoms with Gasteiger partial charge in [-0.25, -0.2) is 18.4 Å². The van der Waals surface area contributed by atoms with E-state index in [4.69, 9.17) is 4.74 Å². The predicted octanol–water partition coefficient (Wildman–Crippen LogP) is 0.812. The third-order valence-electron chi connectivity index (χ3n) is 3.60. The maximum atomic E-state index is 12.5. The first kappa shape index (κ1) is 18.5. The van der Waals surface area contributed by atoms with E-state index in [1.54, 1.807) is 6.07 Å². The minimum absolute atomic E-state index is 0.162. The van der Waals surface area contributed by atoms with E-state index in [2.05, 4.69) is 20.0 Å². The quantitative estimate of drug-likeness (QED) is 0.741. The summed E-state index contributed by atoms with van der Waals surface area (Å²) in [7, 11) is -3.73. The second-order valence-corrected chi connectivity index (χ2v) is 8.68. The first-order valence-corrected chi connectivity index (χ1v) is 10.2. The molecule has 1 aliphatic heterocycles. The fourth-order valence-electron chi connectivity index (χ4n) is 2.32. The molecule has 9 nitrogen and oxygen atoms in total. The maximum absolute atomic E-state index is 12.5. The molecule has 0 atom stereocenters. The highest BCUT2D eigenvalue weighted by atomic mass is 32.2. The molecule has 11 heteroatoms. The summed E-state index contributed by atoms with van der Waals surface area (Å²) in [6, 6.07) is 3.18. The van der Waals surface area contributed by atoms with Gasteiger partial charge in [-0.1, -0.05) is 0 Å². The largest absolute Gasteiger partial charge is 0.378 e. The molecular weight excluding hydrogens is 378 g/mol. The summed E-state index contributed by atoms with van der Waals surface area (Å²) in [6.45, 7) is 4.36. The molecule has 140 valence electrons. The molecule has 0 aromatic carbocycles. The Morgan fingerprint density at radius 1 is 1.27 bits per heavy atom. The molecule has 2 aromatic rings. The van der Waals surface area contributed by atoms with Crippen molar-refractivity contribution >= 4 is 38.9 Å². The Labute approximate surface area is 155 Å². The predicted molar refractivity (Wildman–Crippen MR) is 97.7 cm³/mol. The number of aromatic nitrogens is 2. The van der Waals surface area contributed by atoms with Gasteiger partial charge in [-0.15, -0.1) is 11.3 Å². The molecule has 3 heterocycles. The first-order chi connectivity index (χ1) is 12.4. The third-order valence-corrected chi connectivity index (χ3v) is 6.56. The lowest BCUT2D eigenvalue weighted by Crippen LogP contribution is -2.37. The van der Waals surface area contributed by atoms with Gasteiger partial charge in [0.05, 0.1) is 37.8 Å². The number of morpholine rings is 1. The number of hydrogen-bond donors (Lipinski definition) is 2. The highest BCUT2D eigenvalue weighted by Crippen LogP contribution is 2.24. The summed E-state index contributed by atoms with van der Waals surface area (Å²) in [5, 5.41) is 2.64. The number of carbonyl (C=O) groups excluding carboxylic acids is 1. The Morgan fingerprint density at radius 3 is 2.62 bits per heavy atom. The van der Waals surface area contributed by atoms with Crippen molar-refractivity contribution in [1.29, 1.82) is 0 Å². The van der Waals surface area contributed by atoms with Gasteiger partial charge in [-0.2, -0.15) is 0 Å². The minimum atomic E-state index is -3.73. The first-order valence-electron chi connectivity index (χ1n) is 7.95. The van der Waals surface area contributed by atoms with Crippen LogP contribution >= 0.6 is 11.3 Å². The molecule has 1 amide bonds. The summed E-state index contributed by atoms with van der Waals surface area (Å²) in [4.78, 5) is 22.1. The Kier molecular flexibility index (Phi) is 5.69. The molecule has 0 bridgehead atoms. The number of carbonyl (C=O) groups is 1. The van der Waals surface area contributed by atoms with Gasteiger partial charge >= 0.3 is 0 Å². The van der Waals surface area contributed by atoms with Crippen LogP contribution in [0.25, 0.3) is 0 Å². The molecule has 0 saturated carbocycles. The average Bonchev–Trinajstić information content (AvgIpc) is 3.11. The van der Waals surface area contributed by atoms with Crippen molar-refractivity contribution < 1.29 is 17.9 Å². The highest BCUT2D eigenvalue weighted by Gasteiger charge is 2.18. The van der Waals surface area contributed by atoms with Crippen molar-refractivity contribution in [2.75, 3.05) is 35.9 Å². The summed E-state index contributed by atoms with van der Waals surface area (Å²) in [6.07, 6.45) is 2.89. The second kappa shape index (κ2) is 7.98. The molecule has 0 radical (unpaired) electrons. The van der Waals surface area contributed by atoms with Crippen LogP contribution in [0.3, 0.4) is 0 Å². The van der Waals surface area contributed by atoms with Crippen LogP contribution in [-0.4, -0.2) is 50.6 Å². The van der Waals surface area contributed by atoms with E-state index in [0.717, 1.165) is 16.2 Å². The zero-order chi connectivity index (χ0) is 18.6. The number of anilines is 2. The number of ether oxygens (including phenoxy) is 1. The monoisotopic (exact) mass is 397 g/mol. The van der Waals surface area contributed by atoms with Gasteiger partial charge in [0.2, 0.25) is 11.9 Å². The van der Waals surface area contributed by atoms with E-state index in [0.29, 0.717) is 44.5 Å². The number of thiophene rings is 1. The topological polar surface area (TPSA) is 114 Å². The van der Waals surface area contributed by atoms with E-state index in [1.165, 1.54) is 25.4 Å². The van der Waals surface area contributed by atoms with Crippen LogP contribution in [-0.2, 0) is 26.1 Å². The van der Waals surface area contributed by atoms with Gasteiger partial charge in [0.15, 0.2) is 0 Å². The number of nitrogens with zero attached hydrogens (tertiary/aromatic N) is 3. The summed E-state index contributed by atoms with van der Waals surface area (Å²) in [5.41, 5.74) is 0.291. The number of sulfonamides is 1. The molecule has 1 saturated heterocycles. The number of rotatable bonds is 6. The van der Waals surface area contributed by atoms with Crippen LogP contribution < -0.4 is 14.9 Å². The molecule has 0 spiro atoms. The van der Waals surface area contributed by atoms with Crippen LogP contribution in [0.5, 0.6) is 0 Å². The SMILES string of the molecule is CC(=O)NCc1ccc(S(=O)(=O)Nc2cnc(N3CCOCC3)nc2)s1. The lowest BCUT2D eigenvalue weighted by Gasteiger charge is -2.26. The van der Waals surface area contributed by atoms with E-state index in [-0.39, 0.29) is 10.1 Å². The van der Waals surface area contributed by atoms with Gasteiger partial charge in [-0.3, -0.25) is 9.52 Å². The van der Waals surface area contributed by atoms with E-state index >= 15 is 0 Å². The molecule has 0 aliphatic carbocycles. The average molecular weight is 397 g/mol. The molecule has 26 heavy (non-hydrogen) atoms. The smallest absolute Gasteiger partial charge is 0.271 e. The maximum Gasteiger partial charge on any atom is 0.271 e. The van der Waals surface area contributed by atoms with Crippen molar-refractivity contribution in [2.24, 2.45) is 0 Å².